The molecule has 1 aromatic carbocycles. The molecule has 3 unspecified atom stereocenters. The summed E-state index contributed by atoms with van der Waals surface area (Å²) in [7, 11) is 1.66. The van der Waals surface area contributed by atoms with Gasteiger partial charge in [0.25, 0.3) is 0 Å². The van der Waals surface area contributed by atoms with Crippen molar-refractivity contribution in [2.45, 2.75) is 50.7 Å². The van der Waals surface area contributed by atoms with Crippen LogP contribution in [0.2, 0.25) is 5.02 Å². The monoisotopic (exact) mass is 300 g/mol. The predicted octanol–water partition coefficient (Wildman–Crippen LogP) is 3.98. The molecule has 4 heteroatoms. The van der Waals surface area contributed by atoms with Gasteiger partial charge in [0.1, 0.15) is 5.82 Å². The summed E-state index contributed by atoms with van der Waals surface area (Å²) < 4.78 is 19.1. The van der Waals surface area contributed by atoms with E-state index in [1.165, 1.54) is 18.6 Å². The molecule has 1 saturated carbocycles. The SMILES string of the molecule is COC1(C(O)Cc2ccc(Cl)c(F)c2)CCCC(C)C1. The van der Waals surface area contributed by atoms with Crippen molar-refractivity contribution in [3.8, 4) is 0 Å². The van der Waals surface area contributed by atoms with Gasteiger partial charge in [0.2, 0.25) is 0 Å². The van der Waals surface area contributed by atoms with Crippen molar-refractivity contribution >= 4 is 11.6 Å². The Morgan fingerprint density at radius 2 is 2.30 bits per heavy atom. The van der Waals surface area contributed by atoms with Crippen LogP contribution >= 0.6 is 11.6 Å². The summed E-state index contributed by atoms with van der Waals surface area (Å²) in [6.45, 7) is 2.18. The molecule has 2 nitrogen and oxygen atoms in total. The van der Waals surface area contributed by atoms with Crippen LogP contribution < -0.4 is 0 Å². The topological polar surface area (TPSA) is 29.5 Å². The molecule has 0 aliphatic heterocycles. The van der Waals surface area contributed by atoms with Gasteiger partial charge in [-0.2, -0.15) is 0 Å². The highest BCUT2D eigenvalue weighted by molar-refractivity contribution is 6.30. The van der Waals surface area contributed by atoms with E-state index in [0.717, 1.165) is 24.8 Å². The molecule has 0 saturated heterocycles. The van der Waals surface area contributed by atoms with Crippen molar-refractivity contribution in [3.63, 3.8) is 0 Å². The highest BCUT2D eigenvalue weighted by atomic mass is 35.5. The number of aliphatic hydroxyl groups excluding tert-OH is 1. The van der Waals surface area contributed by atoms with Gasteiger partial charge in [0, 0.05) is 13.5 Å². The molecule has 20 heavy (non-hydrogen) atoms. The lowest BCUT2D eigenvalue weighted by Gasteiger charge is -2.42. The third-order valence-corrected chi connectivity index (χ3v) is 4.72. The second kappa shape index (κ2) is 6.42. The Morgan fingerprint density at radius 3 is 2.90 bits per heavy atom. The first kappa shape index (κ1) is 15.7. The predicted molar refractivity (Wildman–Crippen MR) is 78.5 cm³/mol. The first-order chi connectivity index (χ1) is 9.47. The van der Waals surface area contributed by atoms with Gasteiger partial charge in [0.15, 0.2) is 0 Å². The maximum atomic E-state index is 13.5. The van der Waals surface area contributed by atoms with Crippen LogP contribution in [0.3, 0.4) is 0 Å². The lowest BCUT2D eigenvalue weighted by Crippen LogP contribution is -2.48. The van der Waals surface area contributed by atoms with Crippen LogP contribution in [0, 0.1) is 11.7 Å². The van der Waals surface area contributed by atoms with E-state index in [0.29, 0.717) is 12.3 Å². The van der Waals surface area contributed by atoms with E-state index in [1.54, 1.807) is 13.2 Å². The van der Waals surface area contributed by atoms with Gasteiger partial charge in [-0.1, -0.05) is 37.4 Å². The molecule has 2 rings (SSSR count). The number of rotatable bonds is 4. The number of halogens is 2. The highest BCUT2D eigenvalue weighted by Crippen LogP contribution is 2.38. The van der Waals surface area contributed by atoms with Crippen molar-refractivity contribution in [1.82, 2.24) is 0 Å². The summed E-state index contributed by atoms with van der Waals surface area (Å²) in [6, 6.07) is 4.67. The summed E-state index contributed by atoms with van der Waals surface area (Å²) in [6.07, 6.45) is 3.69. The van der Waals surface area contributed by atoms with Crippen molar-refractivity contribution in [2.75, 3.05) is 7.11 Å². The zero-order valence-corrected chi connectivity index (χ0v) is 12.8. The molecule has 1 fully saturated rings. The van der Waals surface area contributed by atoms with E-state index < -0.39 is 17.5 Å². The molecule has 0 bridgehead atoms. The van der Waals surface area contributed by atoms with Gasteiger partial charge >= 0.3 is 0 Å². The van der Waals surface area contributed by atoms with Gasteiger partial charge in [0.05, 0.1) is 16.7 Å². The number of aliphatic hydroxyl groups is 1. The minimum Gasteiger partial charge on any atom is -0.390 e. The van der Waals surface area contributed by atoms with E-state index in [1.807, 2.05) is 0 Å². The van der Waals surface area contributed by atoms with Gasteiger partial charge in [-0.15, -0.1) is 0 Å². The second-order valence-corrected chi connectivity index (χ2v) is 6.35. The molecule has 1 aliphatic rings. The third-order valence-electron chi connectivity index (χ3n) is 4.42. The van der Waals surface area contributed by atoms with Gasteiger partial charge < -0.3 is 9.84 Å². The van der Waals surface area contributed by atoms with Gasteiger partial charge in [-0.05, 0) is 36.5 Å². The van der Waals surface area contributed by atoms with Crippen LogP contribution in [0.15, 0.2) is 18.2 Å². The molecule has 0 amide bonds. The van der Waals surface area contributed by atoms with Crippen LogP contribution in [-0.2, 0) is 11.2 Å². The van der Waals surface area contributed by atoms with Gasteiger partial charge in [-0.25, -0.2) is 4.39 Å². The molecular formula is C16H22ClFO2. The summed E-state index contributed by atoms with van der Waals surface area (Å²) in [4.78, 5) is 0. The quantitative estimate of drug-likeness (QED) is 0.911. The van der Waals surface area contributed by atoms with Crippen molar-refractivity contribution in [1.29, 1.82) is 0 Å². The van der Waals surface area contributed by atoms with Crippen LogP contribution in [0.25, 0.3) is 0 Å². The summed E-state index contributed by atoms with van der Waals surface area (Å²) in [5.74, 6) is 0.0974. The zero-order valence-electron chi connectivity index (χ0n) is 12.0. The number of hydrogen-bond donors (Lipinski definition) is 1. The maximum Gasteiger partial charge on any atom is 0.142 e. The minimum absolute atomic E-state index is 0.107. The molecular weight excluding hydrogens is 279 g/mol. The Kier molecular flexibility index (Phi) is 5.05. The van der Waals surface area contributed by atoms with Crippen LogP contribution in [0.4, 0.5) is 4.39 Å². The lowest BCUT2D eigenvalue weighted by molar-refractivity contribution is -0.131. The van der Waals surface area contributed by atoms with Gasteiger partial charge in [-0.3, -0.25) is 0 Å². The Morgan fingerprint density at radius 1 is 1.55 bits per heavy atom. The second-order valence-electron chi connectivity index (χ2n) is 5.94. The lowest BCUT2D eigenvalue weighted by atomic mass is 9.74. The van der Waals surface area contributed by atoms with Crippen molar-refractivity contribution < 1.29 is 14.2 Å². The first-order valence-corrected chi connectivity index (χ1v) is 7.52. The molecule has 1 N–H and O–H groups in total. The van der Waals surface area contributed by atoms with Crippen LogP contribution in [-0.4, -0.2) is 23.9 Å². The van der Waals surface area contributed by atoms with E-state index in [9.17, 15) is 9.50 Å². The highest BCUT2D eigenvalue weighted by Gasteiger charge is 2.41. The zero-order chi connectivity index (χ0) is 14.8. The molecule has 0 aromatic heterocycles. The molecule has 3 atom stereocenters. The summed E-state index contributed by atoms with van der Waals surface area (Å²) in [5, 5.41) is 10.7. The Labute approximate surface area is 124 Å². The average molecular weight is 301 g/mol. The molecule has 1 aliphatic carbocycles. The van der Waals surface area contributed by atoms with E-state index in [4.69, 9.17) is 16.3 Å². The first-order valence-electron chi connectivity index (χ1n) is 7.14. The Balaban J connectivity index is 2.12. The standard InChI is InChI=1S/C16H22ClFO2/c1-11-4-3-7-16(10-11,20-2)15(19)9-12-5-6-13(17)14(18)8-12/h5-6,8,11,15,19H,3-4,7,9-10H2,1-2H3. The molecule has 1 aromatic rings. The normalized spacial score (nSPS) is 28.4. The summed E-state index contributed by atoms with van der Waals surface area (Å²) in [5.41, 5.74) is 0.238. The molecule has 112 valence electrons. The number of benzene rings is 1. The van der Waals surface area contributed by atoms with Crippen LogP contribution in [0.5, 0.6) is 0 Å². The fourth-order valence-corrected chi connectivity index (χ4v) is 3.36. The van der Waals surface area contributed by atoms with E-state index >= 15 is 0 Å². The Bertz CT molecular complexity index is 466. The van der Waals surface area contributed by atoms with Crippen molar-refractivity contribution in [2.24, 2.45) is 5.92 Å². The third kappa shape index (κ3) is 3.33. The number of methoxy groups -OCH3 is 1. The Hall–Kier alpha value is -0.640. The number of hydrogen-bond acceptors (Lipinski definition) is 2. The minimum atomic E-state index is -0.629. The number of ether oxygens (including phenoxy) is 1. The van der Waals surface area contributed by atoms with E-state index in [-0.39, 0.29) is 5.02 Å². The van der Waals surface area contributed by atoms with Crippen molar-refractivity contribution in [3.05, 3.63) is 34.6 Å². The fourth-order valence-electron chi connectivity index (χ4n) is 3.24. The average Bonchev–Trinajstić information content (AvgIpc) is 2.42. The molecule has 0 radical (unpaired) electrons. The van der Waals surface area contributed by atoms with E-state index in [2.05, 4.69) is 6.92 Å². The van der Waals surface area contributed by atoms with Crippen LogP contribution in [0.1, 0.15) is 38.2 Å². The molecule has 0 spiro atoms. The fraction of sp³-hybridized carbons (Fsp3) is 0.625. The largest absolute Gasteiger partial charge is 0.390 e. The maximum absolute atomic E-state index is 13.5. The molecule has 0 heterocycles. The summed E-state index contributed by atoms with van der Waals surface area (Å²) >= 11 is 5.68. The smallest absolute Gasteiger partial charge is 0.142 e.